The van der Waals surface area contributed by atoms with Crippen LogP contribution in [0.1, 0.15) is 25.1 Å². The van der Waals surface area contributed by atoms with E-state index in [1.165, 1.54) is 0 Å². The lowest BCUT2D eigenvalue weighted by Crippen LogP contribution is -2.52. The minimum Gasteiger partial charge on any atom is -0.353 e. The molecule has 2 rings (SSSR count). The summed E-state index contributed by atoms with van der Waals surface area (Å²) in [5, 5.41) is 2.68. The average molecular weight is 345 g/mol. The zero-order valence-electron chi connectivity index (χ0n) is 13.6. The van der Waals surface area contributed by atoms with Crippen molar-refractivity contribution in [2.45, 2.75) is 32.4 Å². The quantitative estimate of drug-likeness (QED) is 0.832. The van der Waals surface area contributed by atoms with Gasteiger partial charge in [0, 0.05) is 45.3 Å². The van der Waals surface area contributed by atoms with Crippen LogP contribution >= 0.6 is 0 Å². The van der Waals surface area contributed by atoms with Gasteiger partial charge in [-0.1, -0.05) is 0 Å². The van der Waals surface area contributed by atoms with Gasteiger partial charge in [-0.2, -0.15) is 13.2 Å². The molecule has 6 nitrogen and oxygen atoms in total. The van der Waals surface area contributed by atoms with Crippen molar-refractivity contribution >= 4 is 11.8 Å². The number of aromatic nitrogens is 2. The number of urea groups is 1. The topological polar surface area (TPSA) is 61.4 Å². The van der Waals surface area contributed by atoms with Gasteiger partial charge in [0.15, 0.2) is 0 Å². The Bertz CT molecular complexity index is 544. The normalized spacial score (nSPS) is 15.5. The van der Waals surface area contributed by atoms with E-state index in [-0.39, 0.29) is 19.0 Å². The van der Waals surface area contributed by atoms with Crippen LogP contribution in [-0.4, -0.2) is 59.8 Å². The number of aryl methyl sites for hydroxylation is 1. The summed E-state index contributed by atoms with van der Waals surface area (Å²) >= 11 is 0. The predicted molar refractivity (Wildman–Crippen MR) is 83.9 cm³/mol. The molecule has 1 saturated heterocycles. The van der Waals surface area contributed by atoms with Gasteiger partial charge in [0.1, 0.15) is 11.6 Å². The standard InChI is InChI=1S/C15H22F3N5O/c1-12-19-7-4-13(21-12)22-8-10-23(11-9-22)14(24)20-6-3-2-5-15(16,17)18/h4,7H,2-3,5-6,8-11H2,1H3,(H,20,24). The molecule has 24 heavy (non-hydrogen) atoms. The SMILES string of the molecule is Cc1nccc(N2CCN(C(=O)NCCCCC(F)(F)F)CC2)n1. The summed E-state index contributed by atoms with van der Waals surface area (Å²) in [5.41, 5.74) is 0. The number of carbonyl (C=O) groups is 1. The monoisotopic (exact) mass is 345 g/mol. The maximum absolute atomic E-state index is 12.0. The van der Waals surface area contributed by atoms with E-state index >= 15 is 0 Å². The summed E-state index contributed by atoms with van der Waals surface area (Å²) in [4.78, 5) is 24.2. The number of nitrogens with one attached hydrogen (secondary N) is 1. The van der Waals surface area contributed by atoms with Gasteiger partial charge in [-0.05, 0) is 25.8 Å². The first-order valence-electron chi connectivity index (χ1n) is 7.99. The third-order valence-electron chi connectivity index (χ3n) is 3.82. The summed E-state index contributed by atoms with van der Waals surface area (Å²) < 4.78 is 36.1. The smallest absolute Gasteiger partial charge is 0.353 e. The molecule has 1 aromatic heterocycles. The third kappa shape index (κ3) is 5.86. The van der Waals surface area contributed by atoms with Crippen LogP contribution in [0.5, 0.6) is 0 Å². The van der Waals surface area contributed by atoms with Gasteiger partial charge >= 0.3 is 12.2 Å². The molecule has 0 radical (unpaired) electrons. The summed E-state index contributed by atoms with van der Waals surface area (Å²) in [6.07, 6.45) is -2.87. The minimum atomic E-state index is -4.13. The molecular formula is C15H22F3N5O. The Morgan fingerprint density at radius 2 is 1.96 bits per heavy atom. The van der Waals surface area contributed by atoms with Gasteiger partial charge in [0.25, 0.3) is 0 Å². The Morgan fingerprint density at radius 3 is 2.58 bits per heavy atom. The molecule has 1 aliphatic heterocycles. The molecule has 0 aromatic carbocycles. The first-order chi connectivity index (χ1) is 11.3. The first kappa shape index (κ1) is 18.3. The van der Waals surface area contributed by atoms with Crippen molar-refractivity contribution in [2.24, 2.45) is 0 Å². The van der Waals surface area contributed by atoms with E-state index in [0.717, 1.165) is 5.82 Å². The summed E-state index contributed by atoms with van der Waals surface area (Å²) in [6, 6.07) is 1.61. The van der Waals surface area contributed by atoms with Gasteiger partial charge in [-0.3, -0.25) is 0 Å². The van der Waals surface area contributed by atoms with Gasteiger partial charge < -0.3 is 15.1 Å². The van der Waals surface area contributed by atoms with Gasteiger partial charge in [0.2, 0.25) is 0 Å². The van der Waals surface area contributed by atoms with E-state index in [9.17, 15) is 18.0 Å². The molecule has 1 aromatic rings. The Balaban J connectivity index is 1.67. The van der Waals surface area contributed by atoms with Gasteiger partial charge in [-0.15, -0.1) is 0 Å². The number of halogens is 3. The van der Waals surface area contributed by atoms with Crippen LogP contribution in [0.4, 0.5) is 23.8 Å². The molecule has 1 fully saturated rings. The molecule has 0 spiro atoms. The second-order valence-corrected chi connectivity index (χ2v) is 5.74. The second kappa shape index (κ2) is 8.16. The lowest BCUT2D eigenvalue weighted by Gasteiger charge is -2.35. The lowest BCUT2D eigenvalue weighted by atomic mass is 10.2. The number of piperazine rings is 1. The Morgan fingerprint density at radius 1 is 1.25 bits per heavy atom. The molecule has 134 valence electrons. The van der Waals surface area contributed by atoms with Crippen LogP contribution in [0.15, 0.2) is 12.3 Å². The van der Waals surface area contributed by atoms with Crippen LogP contribution in [0.25, 0.3) is 0 Å². The van der Waals surface area contributed by atoms with Crippen molar-refractivity contribution in [1.29, 1.82) is 0 Å². The molecule has 0 aliphatic carbocycles. The van der Waals surface area contributed by atoms with Crippen LogP contribution in [0, 0.1) is 6.92 Å². The zero-order chi connectivity index (χ0) is 17.6. The largest absolute Gasteiger partial charge is 0.389 e. The predicted octanol–water partition coefficient (Wildman–Crippen LogP) is 2.35. The van der Waals surface area contributed by atoms with E-state index in [2.05, 4.69) is 20.2 Å². The first-order valence-corrected chi connectivity index (χ1v) is 7.99. The summed E-state index contributed by atoms with van der Waals surface area (Å²) in [7, 11) is 0. The fraction of sp³-hybridized carbons (Fsp3) is 0.667. The maximum atomic E-state index is 12.0. The highest BCUT2D eigenvalue weighted by Crippen LogP contribution is 2.21. The van der Waals surface area contributed by atoms with Crippen molar-refractivity contribution < 1.29 is 18.0 Å². The van der Waals surface area contributed by atoms with Crippen molar-refractivity contribution in [3.8, 4) is 0 Å². The minimum absolute atomic E-state index is 0.0324. The Hall–Kier alpha value is -2.06. The van der Waals surface area contributed by atoms with E-state index in [4.69, 9.17) is 0 Å². The fourth-order valence-corrected chi connectivity index (χ4v) is 2.52. The molecule has 0 unspecified atom stereocenters. The van der Waals surface area contributed by atoms with Crippen molar-refractivity contribution in [1.82, 2.24) is 20.2 Å². The molecular weight excluding hydrogens is 323 g/mol. The number of alkyl halides is 3. The average Bonchev–Trinajstić information content (AvgIpc) is 2.53. The van der Waals surface area contributed by atoms with Crippen molar-refractivity contribution in [2.75, 3.05) is 37.6 Å². The summed E-state index contributed by atoms with van der Waals surface area (Å²) in [5.74, 6) is 1.54. The maximum Gasteiger partial charge on any atom is 0.389 e. The van der Waals surface area contributed by atoms with Crippen LogP contribution < -0.4 is 10.2 Å². The van der Waals surface area contributed by atoms with E-state index in [0.29, 0.717) is 38.4 Å². The highest BCUT2D eigenvalue weighted by molar-refractivity contribution is 5.74. The summed E-state index contributed by atoms with van der Waals surface area (Å²) in [6.45, 7) is 4.52. The second-order valence-electron chi connectivity index (χ2n) is 5.74. The fourth-order valence-electron chi connectivity index (χ4n) is 2.52. The number of nitrogens with zero attached hydrogens (tertiary/aromatic N) is 4. The molecule has 0 saturated carbocycles. The molecule has 2 amide bonds. The third-order valence-corrected chi connectivity index (χ3v) is 3.82. The Labute approximate surface area is 139 Å². The Kier molecular flexibility index (Phi) is 6.22. The van der Waals surface area contributed by atoms with E-state index in [1.54, 1.807) is 11.1 Å². The van der Waals surface area contributed by atoms with Crippen molar-refractivity contribution in [3.05, 3.63) is 18.1 Å². The van der Waals surface area contributed by atoms with E-state index < -0.39 is 12.6 Å². The number of rotatable bonds is 5. The highest BCUT2D eigenvalue weighted by atomic mass is 19.4. The van der Waals surface area contributed by atoms with Crippen LogP contribution in [-0.2, 0) is 0 Å². The lowest BCUT2D eigenvalue weighted by molar-refractivity contribution is -0.135. The van der Waals surface area contributed by atoms with Crippen LogP contribution in [0.2, 0.25) is 0 Å². The zero-order valence-corrected chi connectivity index (χ0v) is 13.6. The van der Waals surface area contributed by atoms with E-state index in [1.807, 2.05) is 13.0 Å². The molecule has 2 heterocycles. The van der Waals surface area contributed by atoms with Crippen LogP contribution in [0.3, 0.4) is 0 Å². The number of carbonyl (C=O) groups excluding carboxylic acids is 1. The van der Waals surface area contributed by atoms with Gasteiger partial charge in [-0.25, -0.2) is 14.8 Å². The van der Waals surface area contributed by atoms with Crippen molar-refractivity contribution in [3.63, 3.8) is 0 Å². The molecule has 0 bridgehead atoms. The molecule has 1 N–H and O–H groups in total. The number of anilines is 1. The number of hydrogen-bond donors (Lipinski definition) is 1. The van der Waals surface area contributed by atoms with Gasteiger partial charge in [0.05, 0.1) is 0 Å². The molecule has 0 atom stereocenters. The number of amides is 2. The number of unbranched alkanes of at least 4 members (excludes halogenated alkanes) is 1. The number of hydrogen-bond acceptors (Lipinski definition) is 4. The molecule has 1 aliphatic rings. The molecule has 9 heteroatoms. The highest BCUT2D eigenvalue weighted by Gasteiger charge is 2.26.